The number of nitrogens with two attached hydrogens (primary N) is 1. The summed E-state index contributed by atoms with van der Waals surface area (Å²) in [6.07, 6.45) is 2.43. The lowest BCUT2D eigenvalue weighted by atomic mass is 10.2. The molecule has 0 aliphatic heterocycles. The van der Waals surface area contributed by atoms with Crippen molar-refractivity contribution in [3.8, 4) is 0 Å². The summed E-state index contributed by atoms with van der Waals surface area (Å²) in [7, 11) is 0. The number of carbonyl (C=O) groups excluding carboxylic acids is 1. The van der Waals surface area contributed by atoms with Gasteiger partial charge in [-0.2, -0.15) is 11.3 Å². The van der Waals surface area contributed by atoms with Crippen LogP contribution < -0.4 is 11.1 Å². The number of aryl methyl sites for hydroxylation is 1. The molecule has 1 unspecified atom stereocenters. The first kappa shape index (κ1) is 10.6. The fourth-order valence-electron chi connectivity index (χ4n) is 1.59. The molecule has 82 valence electrons. The van der Waals surface area contributed by atoms with Crippen LogP contribution in [0, 0.1) is 12.8 Å². The Kier molecular flexibility index (Phi) is 3.07. The smallest absolute Gasteiger partial charge is 0.252 e. The Balaban J connectivity index is 1.84. The molecular weight excluding hydrogens is 208 g/mol. The largest absolute Gasteiger partial charge is 0.350 e. The van der Waals surface area contributed by atoms with E-state index in [4.69, 9.17) is 5.73 Å². The van der Waals surface area contributed by atoms with E-state index in [9.17, 15) is 4.79 Å². The summed E-state index contributed by atoms with van der Waals surface area (Å²) in [6, 6.07) is 0.132. The van der Waals surface area contributed by atoms with Crippen molar-refractivity contribution in [2.45, 2.75) is 25.8 Å². The van der Waals surface area contributed by atoms with Crippen LogP contribution in [0.5, 0.6) is 0 Å². The van der Waals surface area contributed by atoms with Gasteiger partial charge >= 0.3 is 0 Å². The number of hydrogen-bond acceptors (Lipinski definition) is 3. The lowest BCUT2D eigenvalue weighted by Crippen LogP contribution is -2.38. The maximum absolute atomic E-state index is 11.7. The maximum atomic E-state index is 11.7. The molecule has 0 bridgehead atoms. The lowest BCUT2D eigenvalue weighted by Gasteiger charge is -2.11. The van der Waals surface area contributed by atoms with Gasteiger partial charge < -0.3 is 11.1 Å². The van der Waals surface area contributed by atoms with E-state index in [0.717, 1.165) is 11.1 Å². The molecule has 15 heavy (non-hydrogen) atoms. The highest BCUT2D eigenvalue weighted by atomic mass is 32.1. The Morgan fingerprint density at radius 1 is 1.67 bits per heavy atom. The molecule has 3 N–H and O–H groups in total. The van der Waals surface area contributed by atoms with Gasteiger partial charge in [0, 0.05) is 18.0 Å². The van der Waals surface area contributed by atoms with Gasteiger partial charge in [0.1, 0.15) is 0 Å². The summed E-state index contributed by atoms with van der Waals surface area (Å²) >= 11 is 1.56. The zero-order valence-corrected chi connectivity index (χ0v) is 9.64. The molecule has 1 aliphatic rings. The molecule has 1 aromatic rings. The Bertz CT molecular complexity index is 357. The minimum absolute atomic E-state index is 0.00449. The highest BCUT2D eigenvalue weighted by Crippen LogP contribution is 2.31. The van der Waals surface area contributed by atoms with Crippen molar-refractivity contribution in [3.63, 3.8) is 0 Å². The van der Waals surface area contributed by atoms with E-state index in [-0.39, 0.29) is 11.9 Å². The van der Waals surface area contributed by atoms with Crippen LogP contribution in [0.15, 0.2) is 10.8 Å². The quantitative estimate of drug-likeness (QED) is 0.814. The van der Waals surface area contributed by atoms with Crippen molar-refractivity contribution in [3.05, 3.63) is 21.9 Å². The minimum Gasteiger partial charge on any atom is -0.350 e. The van der Waals surface area contributed by atoms with Crippen LogP contribution in [0.25, 0.3) is 0 Å². The third-order valence-corrected chi connectivity index (χ3v) is 3.69. The van der Waals surface area contributed by atoms with Crippen molar-refractivity contribution in [1.82, 2.24) is 5.32 Å². The van der Waals surface area contributed by atoms with Crippen LogP contribution >= 0.6 is 11.3 Å². The zero-order chi connectivity index (χ0) is 10.8. The summed E-state index contributed by atoms with van der Waals surface area (Å²) in [4.78, 5) is 11.7. The highest BCUT2D eigenvalue weighted by Gasteiger charge is 2.28. The number of thiophene rings is 1. The monoisotopic (exact) mass is 224 g/mol. The van der Waals surface area contributed by atoms with E-state index in [2.05, 4.69) is 5.32 Å². The fourth-order valence-corrected chi connectivity index (χ4v) is 2.42. The first-order valence-electron chi connectivity index (χ1n) is 5.25. The van der Waals surface area contributed by atoms with Crippen molar-refractivity contribution in [1.29, 1.82) is 0 Å². The Labute approximate surface area is 93.7 Å². The van der Waals surface area contributed by atoms with Gasteiger partial charge in [-0.3, -0.25) is 4.79 Å². The van der Waals surface area contributed by atoms with Gasteiger partial charge in [0.2, 0.25) is 0 Å². The van der Waals surface area contributed by atoms with E-state index in [0.29, 0.717) is 12.5 Å². The van der Waals surface area contributed by atoms with Gasteiger partial charge in [0.15, 0.2) is 0 Å². The first-order chi connectivity index (χ1) is 7.18. The average molecular weight is 224 g/mol. The molecule has 0 saturated heterocycles. The van der Waals surface area contributed by atoms with Crippen molar-refractivity contribution >= 4 is 17.2 Å². The molecule has 1 saturated carbocycles. The molecule has 4 heteroatoms. The molecule has 1 atom stereocenters. The molecule has 1 amide bonds. The molecular formula is C11H16N2OS. The van der Waals surface area contributed by atoms with Gasteiger partial charge in [-0.1, -0.05) is 0 Å². The van der Waals surface area contributed by atoms with Crippen molar-refractivity contribution in [2.75, 3.05) is 6.54 Å². The van der Waals surface area contributed by atoms with Crippen LogP contribution in [0.1, 0.15) is 28.8 Å². The third kappa shape index (κ3) is 2.58. The van der Waals surface area contributed by atoms with Crippen molar-refractivity contribution < 1.29 is 4.79 Å². The molecule has 1 aromatic heterocycles. The van der Waals surface area contributed by atoms with Crippen LogP contribution in [0.4, 0.5) is 0 Å². The van der Waals surface area contributed by atoms with Crippen LogP contribution in [-0.2, 0) is 0 Å². The molecule has 1 heterocycles. The Morgan fingerprint density at radius 2 is 2.40 bits per heavy atom. The average Bonchev–Trinajstić information content (AvgIpc) is 2.98. The predicted octanol–water partition coefficient (Wildman–Crippen LogP) is 1.52. The van der Waals surface area contributed by atoms with E-state index in [1.54, 1.807) is 11.3 Å². The molecule has 3 nitrogen and oxygen atoms in total. The zero-order valence-electron chi connectivity index (χ0n) is 8.82. The predicted molar refractivity (Wildman–Crippen MR) is 62.1 cm³/mol. The van der Waals surface area contributed by atoms with Crippen LogP contribution in [0.3, 0.4) is 0 Å². The molecule has 2 rings (SSSR count). The number of amides is 1. The highest BCUT2D eigenvalue weighted by molar-refractivity contribution is 7.08. The SMILES string of the molecule is Cc1cscc1C(=O)NCC(N)C1CC1. The van der Waals surface area contributed by atoms with E-state index in [1.165, 1.54) is 12.8 Å². The third-order valence-electron chi connectivity index (χ3n) is 2.83. The van der Waals surface area contributed by atoms with Gasteiger partial charge in [0.05, 0.1) is 5.56 Å². The summed E-state index contributed by atoms with van der Waals surface area (Å²) in [5.41, 5.74) is 7.73. The molecule has 1 aliphatic carbocycles. The summed E-state index contributed by atoms with van der Waals surface area (Å²) in [6.45, 7) is 2.55. The van der Waals surface area contributed by atoms with E-state index in [1.807, 2.05) is 17.7 Å². The minimum atomic E-state index is 0.00449. The van der Waals surface area contributed by atoms with Gasteiger partial charge in [-0.15, -0.1) is 0 Å². The molecule has 0 aromatic carbocycles. The first-order valence-corrected chi connectivity index (χ1v) is 6.19. The number of carbonyl (C=O) groups is 1. The van der Waals surface area contributed by atoms with Gasteiger partial charge in [-0.05, 0) is 36.6 Å². The normalized spacial score (nSPS) is 17.5. The Hall–Kier alpha value is -0.870. The molecule has 0 spiro atoms. The summed E-state index contributed by atoms with van der Waals surface area (Å²) in [5.74, 6) is 0.638. The number of nitrogens with one attached hydrogen (secondary N) is 1. The van der Waals surface area contributed by atoms with Crippen LogP contribution in [0.2, 0.25) is 0 Å². The lowest BCUT2D eigenvalue weighted by molar-refractivity contribution is 0.0950. The number of hydrogen-bond donors (Lipinski definition) is 2. The van der Waals surface area contributed by atoms with E-state index >= 15 is 0 Å². The topological polar surface area (TPSA) is 55.1 Å². The maximum Gasteiger partial charge on any atom is 0.252 e. The number of rotatable bonds is 4. The second-order valence-electron chi connectivity index (χ2n) is 4.18. The molecule has 1 fully saturated rings. The second-order valence-corrected chi connectivity index (χ2v) is 4.92. The summed E-state index contributed by atoms with van der Waals surface area (Å²) < 4.78 is 0. The van der Waals surface area contributed by atoms with Crippen LogP contribution in [-0.4, -0.2) is 18.5 Å². The van der Waals surface area contributed by atoms with Crippen molar-refractivity contribution in [2.24, 2.45) is 11.7 Å². The Morgan fingerprint density at radius 3 is 2.93 bits per heavy atom. The van der Waals surface area contributed by atoms with Gasteiger partial charge in [0.25, 0.3) is 5.91 Å². The fraction of sp³-hybridized carbons (Fsp3) is 0.545. The van der Waals surface area contributed by atoms with E-state index < -0.39 is 0 Å². The summed E-state index contributed by atoms with van der Waals surface area (Å²) in [5, 5.41) is 6.75. The second kappa shape index (κ2) is 4.33. The molecule has 0 radical (unpaired) electrons. The standard InChI is InChI=1S/C11H16N2OS/c1-7-5-15-6-9(7)11(14)13-4-10(12)8-2-3-8/h5-6,8,10H,2-4,12H2,1H3,(H,13,14). The van der Waals surface area contributed by atoms with Gasteiger partial charge in [-0.25, -0.2) is 0 Å².